The van der Waals surface area contributed by atoms with Crippen molar-refractivity contribution in [3.8, 4) is 0 Å². The quantitative estimate of drug-likeness (QED) is 0.605. The number of piperidine rings is 1. The van der Waals surface area contributed by atoms with E-state index in [9.17, 15) is 4.79 Å². The minimum absolute atomic E-state index is 0.0852. The third-order valence-electron chi connectivity index (χ3n) is 5.86. The number of carbonyl (C=O) groups excluding carboxylic acids is 1. The van der Waals surface area contributed by atoms with E-state index in [4.69, 9.17) is 0 Å². The van der Waals surface area contributed by atoms with E-state index in [-0.39, 0.29) is 11.9 Å². The topological polar surface area (TPSA) is 36.4 Å². The Labute approximate surface area is 179 Å². The van der Waals surface area contributed by atoms with Crippen molar-refractivity contribution < 1.29 is 4.79 Å². The molecule has 0 aliphatic carbocycles. The van der Waals surface area contributed by atoms with E-state index in [1.807, 2.05) is 54.4 Å². The highest BCUT2D eigenvalue weighted by molar-refractivity contribution is 6.06. The van der Waals surface area contributed by atoms with Gasteiger partial charge in [0.15, 0.2) is 0 Å². The average Bonchev–Trinajstić information content (AvgIpc) is 2.77. The normalized spacial score (nSPS) is 15.1. The van der Waals surface area contributed by atoms with Crippen molar-refractivity contribution in [3.63, 3.8) is 0 Å². The van der Waals surface area contributed by atoms with Gasteiger partial charge in [-0.2, -0.15) is 0 Å². The highest BCUT2D eigenvalue weighted by atomic mass is 16.2. The molecule has 0 radical (unpaired) electrons. The zero-order chi connectivity index (χ0) is 20.9. The predicted octanol–water partition coefficient (Wildman–Crippen LogP) is 5.01. The van der Waals surface area contributed by atoms with E-state index >= 15 is 0 Å². The van der Waals surface area contributed by atoms with Crippen LogP contribution in [0, 0.1) is 13.8 Å². The van der Waals surface area contributed by atoms with Gasteiger partial charge < -0.3 is 4.90 Å². The Kier molecular flexibility index (Phi) is 6.24. The molecular formula is C26H29N3O. The van der Waals surface area contributed by atoms with Crippen LogP contribution in [-0.2, 0) is 6.54 Å². The maximum Gasteiger partial charge on any atom is 0.258 e. The van der Waals surface area contributed by atoms with E-state index < -0.39 is 0 Å². The molecule has 2 heterocycles. The van der Waals surface area contributed by atoms with Crippen molar-refractivity contribution in [2.75, 3.05) is 18.0 Å². The molecule has 1 aliphatic heterocycles. The molecule has 0 spiro atoms. The third-order valence-corrected chi connectivity index (χ3v) is 5.86. The smallest absolute Gasteiger partial charge is 0.258 e. The minimum atomic E-state index is 0.0852. The highest BCUT2D eigenvalue weighted by Gasteiger charge is 2.30. The molecule has 0 N–H and O–H groups in total. The molecule has 1 fully saturated rings. The largest absolute Gasteiger partial charge is 0.305 e. The lowest BCUT2D eigenvalue weighted by atomic mass is 10.00. The van der Waals surface area contributed by atoms with Crippen molar-refractivity contribution in [1.82, 2.24) is 9.88 Å². The fraction of sp³-hybridized carbons (Fsp3) is 0.308. The summed E-state index contributed by atoms with van der Waals surface area (Å²) in [5, 5.41) is 0. The molecule has 30 heavy (non-hydrogen) atoms. The minimum Gasteiger partial charge on any atom is -0.305 e. The molecule has 0 atom stereocenters. The van der Waals surface area contributed by atoms with Crippen molar-refractivity contribution in [2.45, 2.75) is 39.3 Å². The van der Waals surface area contributed by atoms with Gasteiger partial charge in [-0.1, -0.05) is 41.5 Å². The summed E-state index contributed by atoms with van der Waals surface area (Å²) in [4.78, 5) is 22.4. The van der Waals surface area contributed by atoms with Gasteiger partial charge in [0.1, 0.15) is 0 Å². The van der Waals surface area contributed by atoms with Gasteiger partial charge >= 0.3 is 0 Å². The van der Waals surface area contributed by atoms with Gasteiger partial charge in [-0.05, 0) is 63.1 Å². The summed E-state index contributed by atoms with van der Waals surface area (Å²) < 4.78 is 0. The highest BCUT2D eigenvalue weighted by Crippen LogP contribution is 2.27. The molecule has 0 bridgehead atoms. The van der Waals surface area contributed by atoms with Crippen LogP contribution in [0.2, 0.25) is 0 Å². The van der Waals surface area contributed by atoms with Crippen molar-refractivity contribution in [1.29, 1.82) is 0 Å². The SMILES string of the molecule is Cc1ccc(C(=O)N(c2ccc(C)cc2)C2CCN(Cc3ccccn3)CC2)cc1. The van der Waals surface area contributed by atoms with Gasteiger partial charge in [-0.15, -0.1) is 0 Å². The number of anilines is 1. The number of carbonyl (C=O) groups is 1. The van der Waals surface area contributed by atoms with E-state index in [1.54, 1.807) is 0 Å². The molecule has 4 heteroatoms. The number of pyridine rings is 1. The van der Waals surface area contributed by atoms with Gasteiger partial charge in [0.05, 0.1) is 5.69 Å². The van der Waals surface area contributed by atoms with Crippen LogP contribution in [-0.4, -0.2) is 34.9 Å². The Morgan fingerprint density at radius 1 is 0.933 bits per heavy atom. The van der Waals surface area contributed by atoms with Crippen LogP contribution in [0.1, 0.15) is 40.0 Å². The average molecular weight is 400 g/mol. The number of hydrogen-bond acceptors (Lipinski definition) is 3. The maximum atomic E-state index is 13.5. The third kappa shape index (κ3) is 4.77. The van der Waals surface area contributed by atoms with Crippen LogP contribution in [0.4, 0.5) is 5.69 Å². The van der Waals surface area contributed by atoms with Gasteiger partial charge in [0, 0.05) is 43.1 Å². The van der Waals surface area contributed by atoms with Crippen molar-refractivity contribution in [2.24, 2.45) is 0 Å². The first-order valence-corrected chi connectivity index (χ1v) is 10.7. The number of hydrogen-bond donors (Lipinski definition) is 0. The van der Waals surface area contributed by atoms with E-state index in [2.05, 4.69) is 47.1 Å². The van der Waals surface area contributed by atoms with Crippen LogP contribution < -0.4 is 4.90 Å². The number of aromatic nitrogens is 1. The monoisotopic (exact) mass is 399 g/mol. The van der Waals surface area contributed by atoms with Gasteiger partial charge in [0.2, 0.25) is 0 Å². The first-order valence-electron chi connectivity index (χ1n) is 10.7. The molecule has 1 amide bonds. The number of rotatable bonds is 5. The van der Waals surface area contributed by atoms with E-state index in [0.717, 1.165) is 55.0 Å². The van der Waals surface area contributed by atoms with Gasteiger partial charge in [-0.3, -0.25) is 14.7 Å². The molecule has 4 nitrogen and oxygen atoms in total. The molecule has 0 unspecified atom stereocenters. The lowest BCUT2D eigenvalue weighted by molar-refractivity contribution is 0.0958. The molecule has 0 saturated carbocycles. The van der Waals surface area contributed by atoms with Crippen LogP contribution in [0.5, 0.6) is 0 Å². The zero-order valence-corrected chi connectivity index (χ0v) is 17.8. The number of likely N-dealkylation sites (tertiary alicyclic amines) is 1. The summed E-state index contributed by atoms with van der Waals surface area (Å²) in [5.74, 6) is 0.0852. The van der Waals surface area contributed by atoms with E-state index in [0.29, 0.717) is 0 Å². The summed E-state index contributed by atoms with van der Waals surface area (Å²) in [7, 11) is 0. The second-order valence-electron chi connectivity index (χ2n) is 8.21. The lowest BCUT2D eigenvalue weighted by Crippen LogP contribution is -2.47. The molecule has 3 aromatic rings. The number of aryl methyl sites for hydroxylation is 2. The zero-order valence-electron chi connectivity index (χ0n) is 17.8. The molecule has 2 aromatic carbocycles. The summed E-state index contributed by atoms with van der Waals surface area (Å²) in [5.41, 5.74) is 5.19. The Hall–Kier alpha value is -2.98. The standard InChI is InChI=1S/C26H29N3O/c1-20-6-10-22(11-7-20)26(30)29(24-12-8-21(2)9-13-24)25-14-17-28(18-15-25)19-23-5-3-4-16-27-23/h3-13,16,25H,14-15,17-19H2,1-2H3. The van der Waals surface area contributed by atoms with Gasteiger partial charge in [-0.25, -0.2) is 0 Å². The predicted molar refractivity (Wildman–Crippen MR) is 122 cm³/mol. The maximum absolute atomic E-state index is 13.5. The Balaban J connectivity index is 1.52. The summed E-state index contributed by atoms with van der Waals surface area (Å²) in [6.45, 7) is 6.91. The molecule has 1 saturated heterocycles. The fourth-order valence-electron chi connectivity index (χ4n) is 4.09. The summed E-state index contributed by atoms with van der Waals surface area (Å²) in [6.07, 6.45) is 3.76. The number of benzene rings is 2. The summed E-state index contributed by atoms with van der Waals surface area (Å²) >= 11 is 0. The molecule has 1 aliphatic rings. The molecule has 154 valence electrons. The summed E-state index contributed by atoms with van der Waals surface area (Å²) in [6, 6.07) is 22.5. The van der Waals surface area contributed by atoms with E-state index in [1.165, 1.54) is 5.56 Å². The second kappa shape index (κ2) is 9.23. The number of amides is 1. The van der Waals surface area contributed by atoms with Crippen LogP contribution in [0.25, 0.3) is 0 Å². The fourth-order valence-corrected chi connectivity index (χ4v) is 4.09. The number of nitrogens with zero attached hydrogens (tertiary/aromatic N) is 3. The van der Waals surface area contributed by atoms with Crippen molar-refractivity contribution >= 4 is 11.6 Å². The Morgan fingerprint density at radius 2 is 1.57 bits per heavy atom. The molecule has 4 rings (SSSR count). The molecular weight excluding hydrogens is 370 g/mol. The molecule has 1 aromatic heterocycles. The van der Waals surface area contributed by atoms with Crippen LogP contribution in [0.15, 0.2) is 72.9 Å². The Bertz CT molecular complexity index is 959. The first-order chi connectivity index (χ1) is 14.6. The van der Waals surface area contributed by atoms with Gasteiger partial charge in [0.25, 0.3) is 5.91 Å². The Morgan fingerprint density at radius 3 is 2.17 bits per heavy atom. The first kappa shape index (κ1) is 20.3. The lowest BCUT2D eigenvalue weighted by Gasteiger charge is -2.38. The van der Waals surface area contributed by atoms with Crippen molar-refractivity contribution in [3.05, 3.63) is 95.3 Å². The second-order valence-corrected chi connectivity index (χ2v) is 8.21. The van der Waals surface area contributed by atoms with Crippen LogP contribution >= 0.6 is 0 Å². The van der Waals surface area contributed by atoms with Crippen LogP contribution in [0.3, 0.4) is 0 Å².